The topological polar surface area (TPSA) is 64.6 Å². The van der Waals surface area contributed by atoms with Crippen molar-refractivity contribution < 1.29 is 14.6 Å². The molecule has 1 N–H and O–H groups in total. The van der Waals surface area contributed by atoms with E-state index in [1.54, 1.807) is 0 Å². The molecule has 30 heavy (non-hydrogen) atoms. The zero-order valence-electron chi connectivity index (χ0n) is 18.0. The maximum atomic E-state index is 11.1. The highest BCUT2D eigenvalue weighted by Gasteiger charge is 2.43. The summed E-state index contributed by atoms with van der Waals surface area (Å²) in [7, 11) is 0. The van der Waals surface area contributed by atoms with E-state index in [2.05, 4.69) is 55.3 Å². The molecule has 0 radical (unpaired) electrons. The second kappa shape index (κ2) is 6.66. The molecule has 1 spiro atoms. The van der Waals surface area contributed by atoms with Gasteiger partial charge in [0.05, 0.1) is 12.2 Å². The van der Waals surface area contributed by atoms with Crippen LogP contribution in [0.25, 0.3) is 11.1 Å². The number of fused-ring (bicyclic) bond motifs is 1. The molecule has 0 unspecified atom stereocenters. The number of hydrogen-bond acceptors (Lipinski definition) is 5. The number of rotatable bonds is 3. The highest BCUT2D eigenvalue weighted by atomic mass is 16.5. The third-order valence-electron chi connectivity index (χ3n) is 6.88. The van der Waals surface area contributed by atoms with Gasteiger partial charge in [0.1, 0.15) is 11.4 Å². The van der Waals surface area contributed by atoms with Crippen LogP contribution in [-0.4, -0.2) is 31.2 Å². The molecule has 0 atom stereocenters. The second-order valence-electron chi connectivity index (χ2n) is 10.1. The van der Waals surface area contributed by atoms with Gasteiger partial charge in [0, 0.05) is 36.2 Å². The van der Waals surface area contributed by atoms with Crippen LogP contribution in [0.15, 0.2) is 36.4 Å². The minimum absolute atomic E-state index is 0.00809. The predicted molar refractivity (Wildman–Crippen MR) is 117 cm³/mol. The van der Waals surface area contributed by atoms with Crippen molar-refractivity contribution in [2.45, 2.75) is 51.0 Å². The number of carboxylic acid groups (broad SMARTS) is 1. The van der Waals surface area contributed by atoms with Gasteiger partial charge in [-0.2, -0.15) is 0 Å². The number of nitrogens with one attached hydrogen (secondary N) is 1. The van der Waals surface area contributed by atoms with E-state index in [0.29, 0.717) is 13.1 Å². The van der Waals surface area contributed by atoms with Crippen LogP contribution >= 0.6 is 0 Å². The predicted octanol–water partition coefficient (Wildman–Crippen LogP) is 3.56. The smallest absolute Gasteiger partial charge is 0.144 e. The summed E-state index contributed by atoms with van der Waals surface area (Å²) in [6.07, 6.45) is 3.45. The summed E-state index contributed by atoms with van der Waals surface area (Å²) in [5, 5.41) is 14.7. The largest absolute Gasteiger partial charge is 0.550 e. The van der Waals surface area contributed by atoms with Crippen LogP contribution in [0.3, 0.4) is 0 Å². The Labute approximate surface area is 178 Å². The molecule has 0 aromatic heterocycles. The van der Waals surface area contributed by atoms with Crippen LogP contribution in [-0.2, 0) is 10.2 Å². The van der Waals surface area contributed by atoms with Crippen LogP contribution < -0.4 is 20.1 Å². The molecule has 2 aromatic rings. The van der Waals surface area contributed by atoms with Crippen molar-refractivity contribution in [3.63, 3.8) is 0 Å². The Morgan fingerprint density at radius 2 is 1.97 bits per heavy atom. The molecular weight excluding hydrogens is 376 g/mol. The van der Waals surface area contributed by atoms with Crippen LogP contribution in [0.1, 0.15) is 45.6 Å². The molecule has 1 saturated carbocycles. The molecule has 0 bridgehead atoms. The van der Waals surface area contributed by atoms with Crippen molar-refractivity contribution in [3.8, 4) is 16.9 Å². The first-order valence-electron chi connectivity index (χ1n) is 10.9. The fourth-order valence-electron chi connectivity index (χ4n) is 4.62. The number of anilines is 2. The van der Waals surface area contributed by atoms with E-state index >= 15 is 0 Å². The van der Waals surface area contributed by atoms with Crippen LogP contribution in [0, 0.1) is 5.92 Å². The number of hydrogen-bond donors (Lipinski definition) is 1. The fraction of sp³-hybridized carbons (Fsp3) is 0.480. The van der Waals surface area contributed by atoms with E-state index < -0.39 is 5.97 Å². The van der Waals surface area contributed by atoms with E-state index in [9.17, 15) is 9.90 Å². The standard InChI is InChI=1S/C25H30N2O3/c1-24(2,3)18-11-20(22-21(12-18)30-25(15-26-22)8-5-9-25)16-6-4-7-19(10-16)27-13-17(14-27)23(28)29/h4,6-7,10-12,17,26H,5,8-9,13-15H2,1-3H3,(H,28,29)/p-1. The number of benzene rings is 2. The number of carbonyl (C=O) groups is 1. The van der Waals surface area contributed by atoms with Crippen LogP contribution in [0.2, 0.25) is 0 Å². The molecule has 2 aromatic carbocycles. The van der Waals surface area contributed by atoms with Gasteiger partial charge in [0.25, 0.3) is 0 Å². The number of carboxylic acids is 1. The molecule has 1 aliphatic carbocycles. The number of nitrogens with zero attached hydrogens (tertiary/aromatic N) is 1. The van der Waals surface area contributed by atoms with Gasteiger partial charge in [-0.15, -0.1) is 0 Å². The Kier molecular flexibility index (Phi) is 4.28. The SMILES string of the molecule is CC(C)(C)c1cc2c(c(-c3cccc(N4CC(C(=O)[O-])C4)c3)c1)NCC1(CCC1)O2. The van der Waals surface area contributed by atoms with E-state index in [1.165, 1.54) is 12.0 Å². The lowest BCUT2D eigenvalue weighted by atomic mass is 9.78. The minimum Gasteiger partial charge on any atom is -0.550 e. The van der Waals surface area contributed by atoms with Gasteiger partial charge in [0.2, 0.25) is 0 Å². The quantitative estimate of drug-likeness (QED) is 0.846. The lowest BCUT2D eigenvalue weighted by Gasteiger charge is -2.46. The zero-order valence-corrected chi connectivity index (χ0v) is 18.0. The Morgan fingerprint density at radius 3 is 2.60 bits per heavy atom. The van der Waals surface area contributed by atoms with Crippen molar-refractivity contribution in [1.29, 1.82) is 0 Å². The van der Waals surface area contributed by atoms with Crippen molar-refractivity contribution in [1.82, 2.24) is 0 Å². The van der Waals surface area contributed by atoms with Gasteiger partial charge in [-0.3, -0.25) is 0 Å². The maximum absolute atomic E-state index is 11.1. The summed E-state index contributed by atoms with van der Waals surface area (Å²) >= 11 is 0. The molecular formula is C25H29N2O3-. The zero-order chi connectivity index (χ0) is 21.1. The summed E-state index contributed by atoms with van der Waals surface area (Å²) in [6.45, 7) is 8.55. The lowest BCUT2D eigenvalue weighted by molar-refractivity contribution is -0.312. The van der Waals surface area contributed by atoms with Crippen LogP contribution in [0.5, 0.6) is 5.75 Å². The summed E-state index contributed by atoms with van der Waals surface area (Å²) in [4.78, 5) is 13.2. The molecule has 5 nitrogen and oxygen atoms in total. The van der Waals surface area contributed by atoms with E-state index in [4.69, 9.17) is 4.74 Å². The molecule has 2 heterocycles. The average Bonchev–Trinajstić information content (AvgIpc) is 2.63. The third-order valence-corrected chi connectivity index (χ3v) is 6.88. The van der Waals surface area contributed by atoms with E-state index in [-0.39, 0.29) is 16.9 Å². The molecule has 1 saturated heterocycles. The normalized spacial score (nSPS) is 19.9. The monoisotopic (exact) mass is 405 g/mol. The van der Waals surface area contributed by atoms with Gasteiger partial charge in [-0.1, -0.05) is 32.9 Å². The fourth-order valence-corrected chi connectivity index (χ4v) is 4.62. The molecule has 2 aliphatic heterocycles. The summed E-state index contributed by atoms with van der Waals surface area (Å²) < 4.78 is 6.56. The van der Waals surface area contributed by atoms with Gasteiger partial charge in [-0.25, -0.2) is 0 Å². The van der Waals surface area contributed by atoms with Crippen molar-refractivity contribution in [2.24, 2.45) is 5.92 Å². The van der Waals surface area contributed by atoms with Crippen molar-refractivity contribution >= 4 is 17.3 Å². The summed E-state index contributed by atoms with van der Waals surface area (Å²) in [6, 6.07) is 12.8. The highest BCUT2D eigenvalue weighted by Crippen LogP contribution is 2.48. The van der Waals surface area contributed by atoms with E-state index in [1.807, 2.05) is 12.1 Å². The third kappa shape index (κ3) is 3.21. The minimum atomic E-state index is -0.958. The second-order valence-corrected chi connectivity index (χ2v) is 10.1. The Hall–Kier alpha value is -2.69. The number of aliphatic carboxylic acids is 1. The first kappa shape index (κ1) is 19.3. The Balaban J connectivity index is 1.53. The molecule has 158 valence electrons. The van der Waals surface area contributed by atoms with Crippen molar-refractivity contribution in [3.05, 3.63) is 42.0 Å². The number of ether oxygens (including phenoxy) is 1. The molecule has 5 heteroatoms. The van der Waals surface area contributed by atoms with Gasteiger partial charge in [-0.05, 0) is 60.1 Å². The van der Waals surface area contributed by atoms with Gasteiger partial charge in [0.15, 0.2) is 0 Å². The molecule has 2 fully saturated rings. The first-order valence-corrected chi connectivity index (χ1v) is 10.9. The maximum Gasteiger partial charge on any atom is 0.144 e. The molecule has 3 aliphatic rings. The lowest BCUT2D eigenvalue weighted by Crippen LogP contribution is -2.54. The Bertz CT molecular complexity index is 998. The molecule has 0 amide bonds. The van der Waals surface area contributed by atoms with Crippen molar-refractivity contribution in [2.75, 3.05) is 29.9 Å². The highest BCUT2D eigenvalue weighted by molar-refractivity contribution is 5.85. The number of carbonyl (C=O) groups excluding carboxylic acids is 1. The summed E-state index contributed by atoms with van der Waals surface area (Å²) in [5.74, 6) is -0.380. The van der Waals surface area contributed by atoms with Crippen LogP contribution in [0.4, 0.5) is 11.4 Å². The van der Waals surface area contributed by atoms with Gasteiger partial charge >= 0.3 is 0 Å². The average molecular weight is 406 g/mol. The van der Waals surface area contributed by atoms with Gasteiger partial charge < -0.3 is 24.9 Å². The Morgan fingerprint density at radius 1 is 1.20 bits per heavy atom. The first-order chi connectivity index (χ1) is 14.2. The molecule has 5 rings (SSSR count). The van der Waals surface area contributed by atoms with E-state index in [0.717, 1.165) is 47.6 Å². The summed E-state index contributed by atoms with van der Waals surface area (Å²) in [5.41, 5.74) is 5.59.